The molecule has 2 saturated heterocycles. The van der Waals surface area contributed by atoms with Gasteiger partial charge in [-0.05, 0) is 66.2 Å². The molecule has 2 aliphatic heterocycles. The summed E-state index contributed by atoms with van der Waals surface area (Å²) in [6.07, 6.45) is -3.86. The fourth-order valence-electron chi connectivity index (χ4n) is 5.98. The van der Waals surface area contributed by atoms with Crippen molar-refractivity contribution in [3.05, 3.63) is 108 Å². The minimum atomic E-state index is -4.59. The molecule has 0 unspecified atom stereocenters. The van der Waals surface area contributed by atoms with Gasteiger partial charge in [0, 0.05) is 57.4 Å². The van der Waals surface area contributed by atoms with Crippen molar-refractivity contribution < 1.29 is 39.6 Å². The number of benzene rings is 2. The van der Waals surface area contributed by atoms with Crippen molar-refractivity contribution in [1.82, 2.24) is 24.5 Å². The molecule has 9 nitrogen and oxygen atoms in total. The van der Waals surface area contributed by atoms with Gasteiger partial charge >= 0.3 is 6.18 Å². The molecule has 2 aromatic carbocycles. The Morgan fingerprint density at radius 2 is 1.64 bits per heavy atom. The molecular formula is C34H32F6N6O3S. The number of halogens is 6. The number of carbonyl (C=O) groups is 1. The van der Waals surface area contributed by atoms with Crippen molar-refractivity contribution in [2.75, 3.05) is 37.6 Å². The highest BCUT2D eigenvalue weighted by molar-refractivity contribution is 7.89. The van der Waals surface area contributed by atoms with Crippen LogP contribution in [0.5, 0.6) is 0 Å². The van der Waals surface area contributed by atoms with Crippen LogP contribution >= 0.6 is 0 Å². The zero-order valence-corrected chi connectivity index (χ0v) is 27.3. The van der Waals surface area contributed by atoms with E-state index in [1.807, 2.05) is 23.1 Å². The minimum absolute atomic E-state index is 0.214. The third-order valence-corrected chi connectivity index (χ3v) is 10.5. The number of hydrogen-bond acceptors (Lipinski definition) is 7. The maximum absolute atomic E-state index is 14.6. The molecule has 0 spiro atoms. The van der Waals surface area contributed by atoms with E-state index in [1.54, 1.807) is 18.3 Å². The first-order valence-electron chi connectivity index (χ1n) is 15.7. The number of pyridine rings is 2. The van der Waals surface area contributed by atoms with Gasteiger partial charge in [0.15, 0.2) is 0 Å². The third kappa shape index (κ3) is 8.08. The Bertz CT molecular complexity index is 1920. The molecule has 4 aromatic rings. The summed E-state index contributed by atoms with van der Waals surface area (Å²) in [4.78, 5) is 26.2. The molecular weight excluding hydrogens is 686 g/mol. The molecule has 16 heteroatoms. The number of carbonyl (C=O) groups excluding carboxylic acids is 1. The normalized spacial score (nSPS) is 18.7. The lowest BCUT2D eigenvalue weighted by molar-refractivity contribution is -0.137. The van der Waals surface area contributed by atoms with Crippen molar-refractivity contribution in [2.24, 2.45) is 0 Å². The second-order valence-corrected chi connectivity index (χ2v) is 14.1. The number of aromatic nitrogens is 2. The first kappa shape index (κ1) is 35.3. The average molecular weight is 719 g/mol. The Kier molecular flexibility index (Phi) is 9.88. The zero-order valence-electron chi connectivity index (χ0n) is 26.5. The van der Waals surface area contributed by atoms with Crippen LogP contribution in [-0.2, 0) is 34.1 Å². The first-order valence-corrected chi connectivity index (χ1v) is 17.1. The molecule has 0 saturated carbocycles. The van der Waals surface area contributed by atoms with Crippen LogP contribution in [0, 0.1) is 5.82 Å². The van der Waals surface area contributed by atoms with E-state index >= 15 is 0 Å². The average Bonchev–Trinajstić information content (AvgIpc) is 3.44. The van der Waals surface area contributed by atoms with Crippen molar-refractivity contribution in [1.29, 1.82) is 0 Å². The van der Waals surface area contributed by atoms with E-state index in [2.05, 4.69) is 15.2 Å². The van der Waals surface area contributed by atoms with Gasteiger partial charge in [0.25, 0.3) is 5.92 Å². The number of piperazine rings is 1. The second-order valence-electron chi connectivity index (χ2n) is 12.2. The molecule has 264 valence electrons. The summed E-state index contributed by atoms with van der Waals surface area (Å²) >= 11 is 0. The molecule has 2 aliphatic rings. The van der Waals surface area contributed by atoms with E-state index < -0.39 is 63.3 Å². The predicted molar refractivity (Wildman–Crippen MR) is 172 cm³/mol. The highest BCUT2D eigenvalue weighted by Crippen LogP contribution is 2.36. The molecule has 1 N–H and O–H groups in total. The topological polar surface area (TPSA) is 98.7 Å². The largest absolute Gasteiger partial charge is 0.416 e. The maximum Gasteiger partial charge on any atom is 0.416 e. The van der Waals surface area contributed by atoms with Gasteiger partial charge in [-0.2, -0.15) is 17.5 Å². The number of nitrogens with zero attached hydrogens (tertiary/aromatic N) is 5. The van der Waals surface area contributed by atoms with Crippen LogP contribution in [0.15, 0.2) is 90.0 Å². The van der Waals surface area contributed by atoms with Gasteiger partial charge in [-0.15, -0.1) is 0 Å². The van der Waals surface area contributed by atoms with E-state index in [0.29, 0.717) is 59.7 Å². The Morgan fingerprint density at radius 3 is 2.28 bits per heavy atom. The Balaban J connectivity index is 1.23. The summed E-state index contributed by atoms with van der Waals surface area (Å²) < 4.78 is 109. The lowest BCUT2D eigenvalue weighted by Crippen LogP contribution is -2.46. The fourth-order valence-corrected chi connectivity index (χ4v) is 7.60. The molecule has 50 heavy (non-hydrogen) atoms. The van der Waals surface area contributed by atoms with Gasteiger partial charge in [-0.25, -0.2) is 26.6 Å². The predicted octanol–water partition coefficient (Wildman–Crippen LogP) is 5.34. The summed E-state index contributed by atoms with van der Waals surface area (Å²) in [5.74, 6) is -4.68. The SMILES string of the molecule is O=C(NCc1cc(-c2ccc(C(F)(F)F)cc2)nc(N2CCN(Cc3ccccn3)CC2)c1)[C@@H]1CC(F)(F)CN1S(=O)(=O)c1ccc(F)cc1. The number of alkyl halides is 5. The molecule has 0 bridgehead atoms. The summed E-state index contributed by atoms with van der Waals surface area (Å²) in [6, 6.07) is 15.3. The number of rotatable bonds is 9. The van der Waals surface area contributed by atoms with Gasteiger partial charge in [0.05, 0.1) is 28.4 Å². The molecule has 0 radical (unpaired) electrons. The van der Waals surface area contributed by atoms with Crippen molar-refractivity contribution >= 4 is 21.7 Å². The van der Waals surface area contributed by atoms with Crippen LogP contribution in [-0.4, -0.2) is 78.2 Å². The van der Waals surface area contributed by atoms with Crippen molar-refractivity contribution in [3.63, 3.8) is 0 Å². The van der Waals surface area contributed by atoms with E-state index in [9.17, 15) is 39.6 Å². The summed E-state index contributed by atoms with van der Waals surface area (Å²) in [5, 5.41) is 2.56. The third-order valence-electron chi connectivity index (χ3n) is 8.60. The van der Waals surface area contributed by atoms with Crippen LogP contribution in [0.25, 0.3) is 11.3 Å². The van der Waals surface area contributed by atoms with Crippen LogP contribution in [0.1, 0.15) is 23.2 Å². The number of hydrogen-bond donors (Lipinski definition) is 1. The minimum Gasteiger partial charge on any atom is -0.354 e. The number of nitrogens with one attached hydrogen (secondary N) is 1. The standard InChI is InChI=1S/C34H32F6N6O3S/c35-26-8-10-28(11-9-26)50(48,49)46-22-33(36,37)19-30(46)32(47)42-20-23-17-29(24-4-6-25(7-5-24)34(38,39)40)43-31(18-23)45-15-13-44(14-16-45)21-27-3-1-2-12-41-27/h1-12,17-18,30H,13-16,19-22H2,(H,42,47)/t30-/m0/s1. The van der Waals surface area contributed by atoms with Gasteiger partial charge in [0.2, 0.25) is 15.9 Å². The summed E-state index contributed by atoms with van der Waals surface area (Å²) in [7, 11) is -4.59. The number of sulfonamides is 1. The Hall–Kier alpha value is -4.54. The zero-order chi connectivity index (χ0) is 35.7. The van der Waals surface area contributed by atoms with Crippen LogP contribution in [0.3, 0.4) is 0 Å². The van der Waals surface area contributed by atoms with E-state index in [0.717, 1.165) is 42.1 Å². The quantitative estimate of drug-likeness (QED) is 0.234. The summed E-state index contributed by atoms with van der Waals surface area (Å²) in [6.45, 7) is 1.68. The number of amides is 1. The molecule has 1 amide bonds. The van der Waals surface area contributed by atoms with Crippen molar-refractivity contribution in [3.8, 4) is 11.3 Å². The Labute approximate surface area is 284 Å². The van der Waals surface area contributed by atoms with Crippen LogP contribution in [0.2, 0.25) is 0 Å². The Morgan fingerprint density at radius 1 is 0.940 bits per heavy atom. The molecule has 6 rings (SSSR count). The second kappa shape index (κ2) is 14.0. The lowest BCUT2D eigenvalue weighted by atomic mass is 10.1. The van der Waals surface area contributed by atoms with Gasteiger partial charge < -0.3 is 10.2 Å². The first-order chi connectivity index (χ1) is 23.7. The van der Waals surface area contributed by atoms with E-state index in [4.69, 9.17) is 4.98 Å². The molecule has 0 aliphatic carbocycles. The molecule has 2 aromatic heterocycles. The smallest absolute Gasteiger partial charge is 0.354 e. The molecule has 2 fully saturated rings. The van der Waals surface area contributed by atoms with Gasteiger partial charge in [0.1, 0.15) is 17.7 Å². The van der Waals surface area contributed by atoms with Gasteiger partial charge in [-0.1, -0.05) is 18.2 Å². The maximum atomic E-state index is 14.6. The van der Waals surface area contributed by atoms with E-state index in [-0.39, 0.29) is 6.54 Å². The highest BCUT2D eigenvalue weighted by atomic mass is 32.2. The van der Waals surface area contributed by atoms with E-state index in [1.165, 1.54) is 12.1 Å². The van der Waals surface area contributed by atoms with Gasteiger partial charge in [-0.3, -0.25) is 14.7 Å². The molecule has 4 heterocycles. The van der Waals surface area contributed by atoms with Crippen molar-refractivity contribution in [2.45, 2.75) is 42.5 Å². The lowest BCUT2D eigenvalue weighted by Gasteiger charge is -2.35. The molecule has 1 atom stereocenters. The van der Waals surface area contributed by atoms with Crippen LogP contribution < -0.4 is 10.2 Å². The monoisotopic (exact) mass is 718 g/mol. The number of anilines is 1. The van der Waals surface area contributed by atoms with Crippen LogP contribution in [0.4, 0.5) is 32.2 Å². The fraction of sp³-hybridized carbons (Fsp3) is 0.324. The highest BCUT2D eigenvalue weighted by Gasteiger charge is 2.53. The summed E-state index contributed by atoms with van der Waals surface area (Å²) in [5.41, 5.74) is 1.26.